The second-order valence-corrected chi connectivity index (χ2v) is 7.24. The summed E-state index contributed by atoms with van der Waals surface area (Å²) in [6, 6.07) is 14.0. The molecule has 6 heteroatoms. The van der Waals surface area contributed by atoms with Gasteiger partial charge in [-0.3, -0.25) is 0 Å². The minimum Gasteiger partial charge on any atom is -0.494 e. The molecule has 128 valence electrons. The Bertz CT molecular complexity index is 717. The average Bonchev–Trinajstić information content (AvgIpc) is 2.59. The van der Waals surface area contributed by atoms with Gasteiger partial charge in [0.2, 0.25) is 0 Å². The molecule has 2 rings (SSSR count). The molecule has 2 N–H and O–H groups in total. The monoisotopic (exact) mass is 361 g/mol. The van der Waals surface area contributed by atoms with E-state index in [-0.39, 0.29) is 0 Å². The van der Waals surface area contributed by atoms with E-state index in [2.05, 4.69) is 13.0 Å². The van der Waals surface area contributed by atoms with Gasteiger partial charge < -0.3 is 9.75 Å². The molecule has 2 aromatic rings. The number of hydrogen-bond donors (Lipinski definition) is 1. The van der Waals surface area contributed by atoms with Crippen molar-refractivity contribution in [2.45, 2.75) is 12.7 Å². The molecule has 0 unspecified atom stereocenters. The number of nitrogens with zero attached hydrogens (tertiary/aromatic N) is 2. The highest BCUT2D eigenvalue weighted by atomic mass is 32.2. The second-order valence-electron chi connectivity index (χ2n) is 5.23. The third-order valence-electron chi connectivity index (χ3n) is 3.58. The summed E-state index contributed by atoms with van der Waals surface area (Å²) in [5, 5.41) is 1.67. The van der Waals surface area contributed by atoms with E-state index in [0.29, 0.717) is 0 Å². The molecular weight excluding hydrogens is 338 g/mol. The van der Waals surface area contributed by atoms with Crippen LogP contribution >= 0.6 is 23.5 Å². The van der Waals surface area contributed by atoms with Crippen LogP contribution in [0.1, 0.15) is 11.1 Å². The average molecular weight is 362 g/mol. The van der Waals surface area contributed by atoms with Crippen molar-refractivity contribution in [1.82, 2.24) is 0 Å². The third kappa shape index (κ3) is 4.69. The normalized spacial score (nSPS) is 11.5. The first-order valence-corrected chi connectivity index (χ1v) is 9.73. The highest BCUT2D eigenvalue weighted by Gasteiger charge is 2.10. The molecular formula is C18H23N3OS2. The van der Waals surface area contributed by atoms with E-state index in [4.69, 9.17) is 15.6 Å². The van der Waals surface area contributed by atoms with Crippen molar-refractivity contribution in [3.05, 3.63) is 53.6 Å². The number of anilines is 1. The van der Waals surface area contributed by atoms with Gasteiger partial charge in [0.15, 0.2) is 0 Å². The van der Waals surface area contributed by atoms with Crippen molar-refractivity contribution in [3.8, 4) is 5.75 Å². The summed E-state index contributed by atoms with van der Waals surface area (Å²) in [6.07, 6.45) is 2.04. The quantitative estimate of drug-likeness (QED) is 0.365. The Balaban J connectivity index is 2.22. The smallest absolute Gasteiger partial charge is 0.144 e. The molecule has 2 aromatic carbocycles. The molecule has 0 aliphatic heterocycles. The first kappa shape index (κ1) is 18.7. The van der Waals surface area contributed by atoms with Gasteiger partial charge in [-0.05, 0) is 42.5 Å². The van der Waals surface area contributed by atoms with Crippen LogP contribution in [-0.2, 0) is 5.75 Å². The summed E-state index contributed by atoms with van der Waals surface area (Å²) in [5.74, 6) is 7.55. The zero-order chi connectivity index (χ0) is 17.5. The van der Waals surface area contributed by atoms with Gasteiger partial charge in [0.1, 0.15) is 15.8 Å². The number of nitrogens with two attached hydrogens (primary N) is 1. The number of hydrazine groups is 1. The highest BCUT2D eigenvalue weighted by molar-refractivity contribution is 8.38. The van der Waals surface area contributed by atoms with Crippen molar-refractivity contribution in [1.29, 1.82) is 0 Å². The van der Waals surface area contributed by atoms with Crippen LogP contribution in [0.25, 0.3) is 0 Å². The van der Waals surface area contributed by atoms with Crippen LogP contribution in [0.4, 0.5) is 11.4 Å². The fourth-order valence-electron chi connectivity index (χ4n) is 2.30. The van der Waals surface area contributed by atoms with E-state index < -0.39 is 0 Å². The van der Waals surface area contributed by atoms with Gasteiger partial charge in [-0.25, -0.2) is 10.8 Å². The molecule has 0 saturated carbocycles. The first-order chi connectivity index (χ1) is 11.6. The molecule has 0 aromatic heterocycles. The summed E-state index contributed by atoms with van der Waals surface area (Å²) < 4.78 is 6.37. The lowest BCUT2D eigenvalue weighted by Gasteiger charge is -2.18. The van der Waals surface area contributed by atoms with Crippen LogP contribution in [-0.4, -0.2) is 24.8 Å². The Labute approximate surface area is 152 Å². The summed E-state index contributed by atoms with van der Waals surface area (Å²) in [4.78, 5) is 4.74. The van der Waals surface area contributed by atoms with Crippen molar-refractivity contribution in [2.75, 3.05) is 25.4 Å². The molecule has 0 heterocycles. The van der Waals surface area contributed by atoms with Crippen LogP contribution in [0.5, 0.6) is 5.75 Å². The molecule has 0 fully saturated rings. The summed E-state index contributed by atoms with van der Waals surface area (Å²) in [6.45, 7) is 2.11. The van der Waals surface area contributed by atoms with Gasteiger partial charge >= 0.3 is 0 Å². The molecule has 4 nitrogen and oxygen atoms in total. The number of ether oxygens (including phenoxy) is 1. The highest BCUT2D eigenvalue weighted by Crippen LogP contribution is 2.32. The van der Waals surface area contributed by atoms with Gasteiger partial charge in [0.05, 0.1) is 12.8 Å². The van der Waals surface area contributed by atoms with Gasteiger partial charge in [-0.1, -0.05) is 36.0 Å². The number of aryl methyl sites for hydroxylation is 1. The Kier molecular flexibility index (Phi) is 7.02. The fraction of sp³-hybridized carbons (Fsp3) is 0.278. The number of para-hydroxylation sites is 2. The Morgan fingerprint density at radius 3 is 2.62 bits per heavy atom. The maximum absolute atomic E-state index is 5.96. The molecule has 0 spiro atoms. The lowest BCUT2D eigenvalue weighted by atomic mass is 10.1. The molecule has 0 bridgehead atoms. The van der Waals surface area contributed by atoms with E-state index in [1.54, 1.807) is 35.6 Å². The molecule has 0 atom stereocenters. The molecule has 0 saturated heterocycles. The van der Waals surface area contributed by atoms with E-state index in [1.165, 1.54) is 11.1 Å². The van der Waals surface area contributed by atoms with E-state index in [0.717, 1.165) is 27.3 Å². The van der Waals surface area contributed by atoms with Crippen LogP contribution in [0.3, 0.4) is 0 Å². The number of rotatable bonds is 5. The predicted molar refractivity (Wildman–Crippen MR) is 109 cm³/mol. The lowest BCUT2D eigenvalue weighted by Crippen LogP contribution is -2.26. The van der Waals surface area contributed by atoms with Gasteiger partial charge in [-0.15, -0.1) is 11.8 Å². The molecule has 0 aliphatic carbocycles. The minimum absolute atomic E-state index is 0.780. The zero-order valence-electron chi connectivity index (χ0n) is 14.4. The molecule has 0 radical (unpaired) electrons. The molecule has 0 amide bonds. The maximum atomic E-state index is 5.96. The van der Waals surface area contributed by atoms with Gasteiger partial charge in [0, 0.05) is 12.8 Å². The Hall–Kier alpha value is -1.63. The van der Waals surface area contributed by atoms with Crippen LogP contribution < -0.4 is 15.6 Å². The largest absolute Gasteiger partial charge is 0.494 e. The van der Waals surface area contributed by atoms with Gasteiger partial charge in [-0.2, -0.15) is 0 Å². The summed E-state index contributed by atoms with van der Waals surface area (Å²) >= 11 is 3.35. The van der Waals surface area contributed by atoms with Crippen molar-refractivity contribution in [2.24, 2.45) is 10.8 Å². The van der Waals surface area contributed by atoms with E-state index in [1.807, 2.05) is 49.7 Å². The predicted octanol–water partition coefficient (Wildman–Crippen LogP) is 4.60. The first-order valence-electron chi connectivity index (χ1n) is 7.52. The Morgan fingerprint density at radius 2 is 1.96 bits per heavy atom. The topological polar surface area (TPSA) is 50.8 Å². The number of hydrogen-bond acceptors (Lipinski definition) is 6. The maximum Gasteiger partial charge on any atom is 0.144 e. The lowest BCUT2D eigenvalue weighted by molar-refractivity contribution is 0.416. The zero-order valence-corrected chi connectivity index (χ0v) is 16.1. The van der Waals surface area contributed by atoms with Gasteiger partial charge in [0.25, 0.3) is 0 Å². The van der Waals surface area contributed by atoms with Crippen LogP contribution in [0.2, 0.25) is 0 Å². The summed E-state index contributed by atoms with van der Waals surface area (Å²) in [7, 11) is 3.53. The van der Waals surface area contributed by atoms with Crippen molar-refractivity contribution >= 4 is 39.3 Å². The Morgan fingerprint density at radius 1 is 1.21 bits per heavy atom. The third-order valence-corrected chi connectivity index (χ3v) is 5.64. The molecule has 0 aliphatic rings. The van der Waals surface area contributed by atoms with E-state index >= 15 is 0 Å². The number of methoxy groups -OCH3 is 1. The van der Waals surface area contributed by atoms with Crippen LogP contribution in [0.15, 0.2) is 47.5 Å². The number of aliphatic imine (C=N–C) groups is 1. The van der Waals surface area contributed by atoms with Crippen LogP contribution in [0, 0.1) is 6.92 Å². The fourth-order valence-corrected chi connectivity index (χ4v) is 3.94. The summed E-state index contributed by atoms with van der Waals surface area (Å²) in [5.41, 5.74) is 4.35. The van der Waals surface area contributed by atoms with Crippen molar-refractivity contribution < 1.29 is 4.74 Å². The van der Waals surface area contributed by atoms with Crippen molar-refractivity contribution in [3.63, 3.8) is 0 Å². The SMILES string of the molecule is COc1ccccc1N=C(SC)SCc1c(C)cccc1N(C)N. The number of benzene rings is 2. The second kappa shape index (κ2) is 9.01. The minimum atomic E-state index is 0.780. The molecule has 24 heavy (non-hydrogen) atoms. The van der Waals surface area contributed by atoms with E-state index in [9.17, 15) is 0 Å². The number of thioether (sulfide) groups is 2. The standard InChI is InChI=1S/C18H23N3OS2/c1-13-8-7-10-16(21(2)19)14(13)12-24-18(23-4)20-15-9-5-6-11-17(15)22-3/h5-11H,12,19H2,1-4H3.